The summed E-state index contributed by atoms with van der Waals surface area (Å²) in [5, 5.41) is 3.85. The van der Waals surface area contributed by atoms with Crippen LogP contribution in [0.1, 0.15) is 61.3 Å². The van der Waals surface area contributed by atoms with Gasteiger partial charge in [-0.3, -0.25) is 9.69 Å². The molecule has 1 aliphatic heterocycles. The molecule has 29 heavy (non-hydrogen) atoms. The van der Waals surface area contributed by atoms with Crippen LogP contribution in [0.2, 0.25) is 5.02 Å². The Kier molecular flexibility index (Phi) is 7.19. The molecule has 1 aliphatic rings. The van der Waals surface area contributed by atoms with Crippen molar-refractivity contribution >= 4 is 29.3 Å². The molecule has 1 atom stereocenters. The number of aromatic nitrogens is 2. The summed E-state index contributed by atoms with van der Waals surface area (Å²) in [5.74, 6) is -0.261. The van der Waals surface area contributed by atoms with E-state index >= 15 is 0 Å². The number of hydrogen-bond donors (Lipinski definition) is 1. The number of hydrogen-bond acceptors (Lipinski definition) is 5. The fraction of sp³-hybridized carbons (Fsp3) is 0.500. The first-order valence-electron chi connectivity index (χ1n) is 9.99. The van der Waals surface area contributed by atoms with E-state index in [1.807, 2.05) is 6.26 Å². The fourth-order valence-corrected chi connectivity index (χ4v) is 4.12. The lowest BCUT2D eigenvalue weighted by atomic mass is 9.86. The van der Waals surface area contributed by atoms with Crippen LogP contribution in [0.4, 0.5) is 0 Å². The topological polar surface area (TPSA) is 58.1 Å². The number of nitrogens with zero attached hydrogens (tertiary/aromatic N) is 3. The number of rotatable bonds is 6. The number of amides is 1. The van der Waals surface area contributed by atoms with Gasteiger partial charge in [-0.15, -0.1) is 0 Å². The second-order valence-corrected chi connectivity index (χ2v) is 9.57. The van der Waals surface area contributed by atoms with E-state index in [9.17, 15) is 4.79 Å². The Morgan fingerprint density at radius 1 is 1.24 bits per heavy atom. The first-order valence-corrected chi connectivity index (χ1v) is 11.6. The van der Waals surface area contributed by atoms with Crippen molar-refractivity contribution in [2.45, 2.75) is 50.2 Å². The predicted octanol–water partition coefficient (Wildman–Crippen LogP) is 4.72. The summed E-state index contributed by atoms with van der Waals surface area (Å²) in [6.07, 6.45) is 5.74. The Morgan fingerprint density at radius 2 is 1.90 bits per heavy atom. The van der Waals surface area contributed by atoms with Crippen LogP contribution in [0.3, 0.4) is 0 Å². The zero-order chi connectivity index (χ0) is 21.0. The molecule has 7 heteroatoms. The average molecular weight is 433 g/mol. The van der Waals surface area contributed by atoms with Crippen LogP contribution in [-0.2, 0) is 5.41 Å². The third-order valence-electron chi connectivity index (χ3n) is 5.32. The van der Waals surface area contributed by atoms with Gasteiger partial charge >= 0.3 is 0 Å². The number of carbonyl (C=O) groups excluding carboxylic acids is 1. The number of carbonyl (C=O) groups is 1. The standard InChI is InChI=1S/C22H29ClN4OS/c1-22(2,3)16-9-7-15(8-10-16)18(27-11-5-6-12-27)14-24-20(28)19-17(23)13-25-21(26-19)29-4/h7-10,13,18H,5-6,11-12,14H2,1-4H3,(H,24,28)/t18-/m0/s1. The minimum Gasteiger partial charge on any atom is -0.349 e. The van der Waals surface area contributed by atoms with E-state index in [1.165, 1.54) is 41.9 Å². The molecule has 3 rings (SSSR count). The highest BCUT2D eigenvalue weighted by Gasteiger charge is 2.25. The number of benzene rings is 1. The third-order valence-corrected chi connectivity index (χ3v) is 6.16. The average Bonchev–Trinajstić information content (AvgIpc) is 3.22. The maximum atomic E-state index is 12.8. The molecule has 0 bridgehead atoms. The molecule has 1 N–H and O–H groups in total. The molecule has 2 aromatic rings. The highest BCUT2D eigenvalue weighted by Crippen LogP contribution is 2.28. The SMILES string of the molecule is CSc1ncc(Cl)c(C(=O)NC[C@@H](c2ccc(C(C)(C)C)cc2)N2CCCC2)n1. The molecule has 0 saturated carbocycles. The largest absolute Gasteiger partial charge is 0.349 e. The molecular weight excluding hydrogens is 404 g/mol. The lowest BCUT2D eigenvalue weighted by Gasteiger charge is -2.29. The molecule has 0 aliphatic carbocycles. The van der Waals surface area contributed by atoms with Crippen molar-refractivity contribution in [3.05, 3.63) is 52.3 Å². The summed E-state index contributed by atoms with van der Waals surface area (Å²) in [5.41, 5.74) is 2.88. The first kappa shape index (κ1) is 22.1. The minimum atomic E-state index is -0.261. The van der Waals surface area contributed by atoms with Crippen LogP contribution < -0.4 is 5.32 Å². The third kappa shape index (κ3) is 5.50. The molecule has 0 radical (unpaired) electrons. The van der Waals surface area contributed by atoms with Gasteiger partial charge in [-0.2, -0.15) is 0 Å². The van der Waals surface area contributed by atoms with Crippen molar-refractivity contribution in [2.24, 2.45) is 0 Å². The Morgan fingerprint density at radius 3 is 2.48 bits per heavy atom. The van der Waals surface area contributed by atoms with Crippen LogP contribution in [-0.4, -0.2) is 46.7 Å². The van der Waals surface area contributed by atoms with Gasteiger partial charge in [0.05, 0.1) is 17.3 Å². The highest BCUT2D eigenvalue weighted by molar-refractivity contribution is 7.98. The van der Waals surface area contributed by atoms with E-state index in [2.05, 4.69) is 65.2 Å². The maximum absolute atomic E-state index is 12.8. The summed E-state index contributed by atoms with van der Waals surface area (Å²) < 4.78 is 0. The second kappa shape index (κ2) is 9.45. The zero-order valence-corrected chi connectivity index (χ0v) is 19.1. The van der Waals surface area contributed by atoms with Gasteiger partial charge in [0.25, 0.3) is 5.91 Å². The summed E-state index contributed by atoms with van der Waals surface area (Å²) >= 11 is 7.55. The Bertz CT molecular complexity index is 845. The Labute approximate surface area is 182 Å². The van der Waals surface area contributed by atoms with Gasteiger partial charge in [-0.25, -0.2) is 9.97 Å². The highest BCUT2D eigenvalue weighted by atomic mass is 35.5. The summed E-state index contributed by atoms with van der Waals surface area (Å²) in [4.78, 5) is 23.6. The Balaban J connectivity index is 1.77. The van der Waals surface area contributed by atoms with Gasteiger partial charge in [0.1, 0.15) is 0 Å². The van der Waals surface area contributed by atoms with E-state index in [1.54, 1.807) is 0 Å². The van der Waals surface area contributed by atoms with E-state index in [0.717, 1.165) is 13.1 Å². The van der Waals surface area contributed by atoms with Gasteiger partial charge in [0, 0.05) is 6.54 Å². The van der Waals surface area contributed by atoms with Crippen molar-refractivity contribution in [1.29, 1.82) is 0 Å². The summed E-state index contributed by atoms with van der Waals surface area (Å²) in [6.45, 7) is 9.26. The molecule has 0 unspecified atom stereocenters. The zero-order valence-electron chi connectivity index (χ0n) is 17.5. The monoisotopic (exact) mass is 432 g/mol. The van der Waals surface area contributed by atoms with Crippen molar-refractivity contribution in [3.8, 4) is 0 Å². The summed E-state index contributed by atoms with van der Waals surface area (Å²) in [6, 6.07) is 8.92. The quantitative estimate of drug-likeness (QED) is 0.528. The molecule has 156 valence electrons. The lowest BCUT2D eigenvalue weighted by molar-refractivity contribution is 0.0932. The van der Waals surface area contributed by atoms with E-state index in [4.69, 9.17) is 11.6 Å². The van der Waals surface area contributed by atoms with Crippen molar-refractivity contribution in [3.63, 3.8) is 0 Å². The van der Waals surface area contributed by atoms with E-state index in [0.29, 0.717) is 11.7 Å². The second-order valence-electron chi connectivity index (χ2n) is 8.39. The lowest BCUT2D eigenvalue weighted by Crippen LogP contribution is -2.37. The number of halogens is 1. The number of thioether (sulfide) groups is 1. The van der Waals surface area contributed by atoms with Crippen LogP contribution in [0.15, 0.2) is 35.6 Å². The van der Waals surface area contributed by atoms with Crippen molar-refractivity contribution < 1.29 is 4.79 Å². The van der Waals surface area contributed by atoms with Crippen LogP contribution in [0.25, 0.3) is 0 Å². The molecular formula is C22H29ClN4OS. The normalized spacial score (nSPS) is 16.0. The van der Waals surface area contributed by atoms with Gasteiger partial charge in [0.15, 0.2) is 10.9 Å². The van der Waals surface area contributed by atoms with Crippen molar-refractivity contribution in [1.82, 2.24) is 20.2 Å². The minimum absolute atomic E-state index is 0.120. The smallest absolute Gasteiger partial charge is 0.271 e. The van der Waals surface area contributed by atoms with Gasteiger partial charge in [-0.1, -0.05) is 68.4 Å². The Hall–Kier alpha value is -1.63. The van der Waals surface area contributed by atoms with Crippen molar-refractivity contribution in [2.75, 3.05) is 25.9 Å². The van der Waals surface area contributed by atoms with Crippen LogP contribution in [0, 0.1) is 0 Å². The number of nitrogens with one attached hydrogen (secondary N) is 1. The van der Waals surface area contributed by atoms with Gasteiger partial charge in [0.2, 0.25) is 0 Å². The van der Waals surface area contributed by atoms with Crippen LogP contribution >= 0.6 is 23.4 Å². The summed E-state index contributed by atoms with van der Waals surface area (Å²) in [7, 11) is 0. The fourth-order valence-electron chi connectivity index (χ4n) is 3.60. The van der Waals surface area contributed by atoms with Gasteiger partial charge in [-0.05, 0) is 48.7 Å². The molecule has 1 aromatic carbocycles. The molecule has 0 spiro atoms. The van der Waals surface area contributed by atoms with Crippen LogP contribution in [0.5, 0.6) is 0 Å². The molecule has 1 aromatic heterocycles. The number of likely N-dealkylation sites (tertiary alicyclic amines) is 1. The molecule has 1 fully saturated rings. The maximum Gasteiger partial charge on any atom is 0.271 e. The van der Waals surface area contributed by atoms with E-state index in [-0.39, 0.29) is 28.1 Å². The van der Waals surface area contributed by atoms with E-state index < -0.39 is 0 Å². The first-order chi connectivity index (χ1) is 13.8. The molecule has 1 saturated heterocycles. The molecule has 5 nitrogen and oxygen atoms in total. The molecule has 1 amide bonds. The predicted molar refractivity (Wildman–Crippen MR) is 120 cm³/mol. The molecule has 2 heterocycles. The van der Waals surface area contributed by atoms with Gasteiger partial charge < -0.3 is 5.32 Å².